The third-order valence-electron chi connectivity index (χ3n) is 1.64. The molecule has 0 aliphatic carbocycles. The first-order valence-corrected chi connectivity index (χ1v) is 3.65. The molecule has 6 heteroatoms. The van der Waals surface area contributed by atoms with Crippen molar-refractivity contribution in [3.8, 4) is 6.07 Å². The van der Waals surface area contributed by atoms with E-state index in [2.05, 4.69) is 4.98 Å². The minimum Gasteiger partial charge on any atom is -0.395 e. The van der Waals surface area contributed by atoms with Crippen LogP contribution in [0.3, 0.4) is 0 Å². The van der Waals surface area contributed by atoms with E-state index in [9.17, 15) is 13.2 Å². The Kier molecular flexibility index (Phi) is 2.92. The fourth-order valence-corrected chi connectivity index (χ4v) is 0.924. The molecule has 1 heterocycles. The SMILES string of the molecule is N#CCc1ncc(C(F)F)c(F)c1N. The van der Waals surface area contributed by atoms with Gasteiger partial charge in [0.2, 0.25) is 0 Å². The summed E-state index contributed by atoms with van der Waals surface area (Å²) in [7, 11) is 0. The Morgan fingerprint density at radius 3 is 2.71 bits per heavy atom. The fourth-order valence-electron chi connectivity index (χ4n) is 0.924. The maximum Gasteiger partial charge on any atom is 0.268 e. The molecule has 14 heavy (non-hydrogen) atoms. The van der Waals surface area contributed by atoms with Crippen LogP contribution in [-0.2, 0) is 6.42 Å². The lowest BCUT2D eigenvalue weighted by atomic mass is 10.2. The zero-order valence-corrected chi connectivity index (χ0v) is 6.97. The summed E-state index contributed by atoms with van der Waals surface area (Å²) in [6.07, 6.45) is -2.46. The molecule has 0 atom stereocenters. The quantitative estimate of drug-likeness (QED) is 0.793. The van der Waals surface area contributed by atoms with Gasteiger partial charge in [0.25, 0.3) is 6.43 Å². The standard InChI is InChI=1S/C8H6F3N3/c9-6-4(8(10)11)3-14-5(1-2-12)7(6)13/h3,8H,1,13H2. The monoisotopic (exact) mass is 201 g/mol. The highest BCUT2D eigenvalue weighted by atomic mass is 19.3. The van der Waals surface area contributed by atoms with Gasteiger partial charge >= 0.3 is 0 Å². The zero-order valence-electron chi connectivity index (χ0n) is 6.97. The lowest BCUT2D eigenvalue weighted by Crippen LogP contribution is -2.04. The van der Waals surface area contributed by atoms with Gasteiger partial charge in [-0.25, -0.2) is 13.2 Å². The summed E-state index contributed by atoms with van der Waals surface area (Å²) in [6, 6.07) is 1.70. The van der Waals surface area contributed by atoms with Crippen LogP contribution < -0.4 is 5.73 Å². The third-order valence-corrected chi connectivity index (χ3v) is 1.64. The van der Waals surface area contributed by atoms with Crippen LogP contribution in [0.25, 0.3) is 0 Å². The predicted octanol–water partition coefficient (Wildman–Crippen LogP) is 1.81. The Hall–Kier alpha value is -1.77. The second-order valence-electron chi connectivity index (χ2n) is 2.52. The minimum atomic E-state index is -2.96. The number of hydrogen-bond donors (Lipinski definition) is 1. The van der Waals surface area contributed by atoms with E-state index in [-0.39, 0.29) is 12.1 Å². The minimum absolute atomic E-state index is 0.0191. The largest absolute Gasteiger partial charge is 0.395 e. The zero-order chi connectivity index (χ0) is 10.7. The van der Waals surface area contributed by atoms with E-state index >= 15 is 0 Å². The Morgan fingerprint density at radius 1 is 1.57 bits per heavy atom. The highest BCUT2D eigenvalue weighted by Gasteiger charge is 2.18. The average molecular weight is 201 g/mol. The van der Waals surface area contributed by atoms with Gasteiger partial charge in [0.1, 0.15) is 0 Å². The lowest BCUT2D eigenvalue weighted by Gasteiger charge is -2.06. The van der Waals surface area contributed by atoms with Crippen molar-refractivity contribution in [1.29, 1.82) is 5.26 Å². The van der Waals surface area contributed by atoms with Crippen molar-refractivity contribution in [2.45, 2.75) is 12.8 Å². The Balaban J connectivity index is 3.20. The van der Waals surface area contributed by atoms with Crippen LogP contribution in [0.5, 0.6) is 0 Å². The van der Waals surface area contributed by atoms with Crippen molar-refractivity contribution in [3.63, 3.8) is 0 Å². The molecule has 0 saturated heterocycles. The van der Waals surface area contributed by atoms with Gasteiger partial charge in [-0.05, 0) is 0 Å². The topological polar surface area (TPSA) is 62.7 Å². The van der Waals surface area contributed by atoms with Gasteiger partial charge in [-0.2, -0.15) is 5.26 Å². The molecule has 0 radical (unpaired) electrons. The van der Waals surface area contributed by atoms with E-state index in [0.29, 0.717) is 6.20 Å². The van der Waals surface area contributed by atoms with Crippen LogP contribution in [0.4, 0.5) is 18.9 Å². The number of hydrogen-bond acceptors (Lipinski definition) is 3. The summed E-state index contributed by atoms with van der Waals surface area (Å²) in [4.78, 5) is 3.48. The Morgan fingerprint density at radius 2 is 2.21 bits per heavy atom. The first-order valence-electron chi connectivity index (χ1n) is 3.65. The number of pyridine rings is 1. The van der Waals surface area contributed by atoms with Gasteiger partial charge in [-0.15, -0.1) is 0 Å². The van der Waals surface area contributed by atoms with Crippen molar-refractivity contribution in [2.75, 3.05) is 5.73 Å². The summed E-state index contributed by atoms with van der Waals surface area (Å²) in [6.45, 7) is 0. The van der Waals surface area contributed by atoms with Crippen molar-refractivity contribution in [1.82, 2.24) is 4.98 Å². The number of nitriles is 1. The smallest absolute Gasteiger partial charge is 0.268 e. The van der Waals surface area contributed by atoms with Crippen molar-refractivity contribution in [3.05, 3.63) is 23.3 Å². The summed E-state index contributed by atoms with van der Waals surface area (Å²) in [5, 5.41) is 8.30. The second-order valence-corrected chi connectivity index (χ2v) is 2.52. The number of anilines is 1. The highest BCUT2D eigenvalue weighted by Crippen LogP contribution is 2.26. The first-order chi connectivity index (χ1) is 6.57. The first kappa shape index (κ1) is 10.3. The van der Waals surface area contributed by atoms with Gasteiger partial charge in [-0.3, -0.25) is 4.98 Å². The summed E-state index contributed by atoms with van der Waals surface area (Å²) < 4.78 is 37.3. The lowest BCUT2D eigenvalue weighted by molar-refractivity contribution is 0.146. The van der Waals surface area contributed by atoms with Crippen LogP contribution in [-0.4, -0.2) is 4.98 Å². The number of halogens is 3. The van der Waals surface area contributed by atoms with Crippen LogP contribution in [0.15, 0.2) is 6.20 Å². The molecule has 0 unspecified atom stereocenters. The van der Waals surface area contributed by atoms with E-state index in [0.717, 1.165) is 0 Å². The molecule has 1 aromatic heterocycles. The predicted molar refractivity (Wildman–Crippen MR) is 42.9 cm³/mol. The van der Waals surface area contributed by atoms with Gasteiger partial charge in [0, 0.05) is 6.20 Å². The maximum absolute atomic E-state index is 13.1. The van der Waals surface area contributed by atoms with Crippen LogP contribution in [0.2, 0.25) is 0 Å². The fraction of sp³-hybridized carbons (Fsp3) is 0.250. The summed E-state index contributed by atoms with van der Waals surface area (Å²) in [5.74, 6) is -1.19. The van der Waals surface area contributed by atoms with E-state index in [4.69, 9.17) is 11.0 Å². The van der Waals surface area contributed by atoms with Gasteiger partial charge in [-0.1, -0.05) is 0 Å². The third kappa shape index (κ3) is 1.76. The molecule has 0 spiro atoms. The van der Waals surface area contributed by atoms with E-state index < -0.39 is 23.5 Å². The number of rotatable bonds is 2. The van der Waals surface area contributed by atoms with Crippen LogP contribution >= 0.6 is 0 Å². The number of nitrogen functional groups attached to an aromatic ring is 1. The van der Waals surface area contributed by atoms with E-state index in [1.165, 1.54) is 0 Å². The number of alkyl halides is 2. The van der Waals surface area contributed by atoms with E-state index in [1.54, 1.807) is 6.07 Å². The maximum atomic E-state index is 13.1. The second kappa shape index (κ2) is 3.96. The molecule has 0 bridgehead atoms. The van der Waals surface area contributed by atoms with Crippen molar-refractivity contribution in [2.24, 2.45) is 0 Å². The molecule has 1 rings (SSSR count). The molecule has 3 nitrogen and oxygen atoms in total. The summed E-state index contributed by atoms with van der Waals surface area (Å²) in [5.41, 5.74) is 3.84. The van der Waals surface area contributed by atoms with E-state index in [1.807, 2.05) is 0 Å². The average Bonchev–Trinajstić information content (AvgIpc) is 2.13. The van der Waals surface area contributed by atoms with Crippen molar-refractivity contribution >= 4 is 5.69 Å². The molecule has 0 aromatic carbocycles. The summed E-state index contributed by atoms with van der Waals surface area (Å²) >= 11 is 0. The number of nitrogens with two attached hydrogens (primary N) is 1. The molecule has 74 valence electrons. The Labute approximate surface area is 78.0 Å². The molecule has 0 amide bonds. The number of nitrogens with zero attached hydrogens (tertiary/aromatic N) is 2. The van der Waals surface area contributed by atoms with Gasteiger partial charge < -0.3 is 5.73 Å². The molecule has 2 N–H and O–H groups in total. The highest BCUT2D eigenvalue weighted by molar-refractivity contribution is 5.48. The van der Waals surface area contributed by atoms with Gasteiger partial charge in [0.15, 0.2) is 5.82 Å². The number of aromatic nitrogens is 1. The normalized spacial score (nSPS) is 10.2. The molecule has 0 aliphatic rings. The molecule has 0 fully saturated rings. The molecule has 1 aromatic rings. The van der Waals surface area contributed by atoms with Gasteiger partial charge in [0.05, 0.1) is 29.4 Å². The Bertz CT molecular complexity index is 384. The van der Waals surface area contributed by atoms with Crippen molar-refractivity contribution < 1.29 is 13.2 Å². The molecule has 0 saturated carbocycles. The molecular weight excluding hydrogens is 195 g/mol. The van der Waals surface area contributed by atoms with Crippen LogP contribution in [0.1, 0.15) is 17.7 Å². The molecule has 0 aliphatic heterocycles. The van der Waals surface area contributed by atoms with Crippen LogP contribution in [0, 0.1) is 17.1 Å². The molecular formula is C8H6F3N3.